The Hall–Kier alpha value is -3.54. The van der Waals surface area contributed by atoms with Gasteiger partial charge in [-0.2, -0.15) is 0 Å². The van der Waals surface area contributed by atoms with Crippen molar-refractivity contribution in [2.45, 2.75) is 19.4 Å². The van der Waals surface area contributed by atoms with E-state index in [1.807, 2.05) is 24.3 Å². The summed E-state index contributed by atoms with van der Waals surface area (Å²) in [5.74, 6) is 1.14. The van der Waals surface area contributed by atoms with E-state index in [1.165, 1.54) is 6.07 Å². The van der Waals surface area contributed by atoms with E-state index in [4.69, 9.17) is 13.9 Å². The molecule has 142 valence electrons. The first-order valence-electron chi connectivity index (χ1n) is 8.80. The quantitative estimate of drug-likeness (QED) is 0.549. The van der Waals surface area contributed by atoms with E-state index in [2.05, 4.69) is 5.32 Å². The van der Waals surface area contributed by atoms with Gasteiger partial charge in [0.05, 0.1) is 7.11 Å². The number of carbonyl (C=O) groups is 1. The summed E-state index contributed by atoms with van der Waals surface area (Å²) in [6, 6.07) is 13.8. The third-order valence-electron chi connectivity index (χ3n) is 4.64. The van der Waals surface area contributed by atoms with Crippen molar-refractivity contribution in [3.63, 3.8) is 0 Å². The molecule has 0 radical (unpaired) electrons. The molecule has 1 aliphatic rings. The van der Waals surface area contributed by atoms with Gasteiger partial charge in [-0.05, 0) is 56.3 Å². The first-order chi connectivity index (χ1) is 13.4. The second kappa shape index (κ2) is 6.56. The van der Waals surface area contributed by atoms with Gasteiger partial charge >= 0.3 is 5.63 Å². The zero-order valence-electron chi connectivity index (χ0n) is 15.7. The number of Topliss-reactive ketones (excluding diaryl/α,β-unsaturated/α-hetero) is 1. The Morgan fingerprint density at radius 1 is 1.04 bits per heavy atom. The average molecular weight is 377 g/mol. The lowest BCUT2D eigenvalue weighted by Crippen LogP contribution is -2.42. The molecule has 4 rings (SSSR count). The molecular weight excluding hydrogens is 358 g/mol. The van der Waals surface area contributed by atoms with Crippen molar-refractivity contribution in [2.75, 3.05) is 12.4 Å². The zero-order valence-corrected chi connectivity index (χ0v) is 15.7. The van der Waals surface area contributed by atoms with Crippen molar-refractivity contribution in [3.05, 3.63) is 70.7 Å². The van der Waals surface area contributed by atoms with E-state index >= 15 is 0 Å². The lowest BCUT2D eigenvalue weighted by atomic mass is 9.88. The van der Waals surface area contributed by atoms with Gasteiger partial charge < -0.3 is 19.2 Å². The number of benzene rings is 2. The highest BCUT2D eigenvalue weighted by Crippen LogP contribution is 2.40. The molecule has 1 aliphatic heterocycles. The first kappa shape index (κ1) is 17.9. The molecule has 0 bridgehead atoms. The number of ether oxygens (including phenoxy) is 2. The Morgan fingerprint density at radius 3 is 2.50 bits per heavy atom. The van der Waals surface area contributed by atoms with Crippen LogP contribution in [-0.2, 0) is 4.79 Å². The van der Waals surface area contributed by atoms with Crippen molar-refractivity contribution in [2.24, 2.45) is 0 Å². The van der Waals surface area contributed by atoms with Gasteiger partial charge in [-0.25, -0.2) is 4.79 Å². The number of hydrogen-bond acceptors (Lipinski definition) is 6. The van der Waals surface area contributed by atoms with E-state index in [0.29, 0.717) is 22.5 Å². The molecule has 0 saturated carbocycles. The summed E-state index contributed by atoms with van der Waals surface area (Å²) in [5.41, 5.74) is 0.779. The molecule has 0 aliphatic carbocycles. The summed E-state index contributed by atoms with van der Waals surface area (Å²) in [7, 11) is 1.60. The maximum atomic E-state index is 13.0. The Kier molecular flexibility index (Phi) is 4.19. The van der Waals surface area contributed by atoms with E-state index < -0.39 is 11.2 Å². The van der Waals surface area contributed by atoms with Crippen LogP contribution in [0.5, 0.6) is 11.5 Å². The third-order valence-corrected chi connectivity index (χ3v) is 4.64. The van der Waals surface area contributed by atoms with Crippen LogP contribution < -0.4 is 20.4 Å². The maximum absolute atomic E-state index is 13.0. The van der Waals surface area contributed by atoms with Crippen LogP contribution >= 0.6 is 0 Å². The minimum Gasteiger partial charge on any atom is -0.497 e. The smallest absolute Gasteiger partial charge is 0.336 e. The van der Waals surface area contributed by atoms with Crippen LogP contribution in [0.3, 0.4) is 0 Å². The van der Waals surface area contributed by atoms with Crippen molar-refractivity contribution >= 4 is 28.0 Å². The van der Waals surface area contributed by atoms with Crippen LogP contribution in [-0.4, -0.2) is 18.5 Å². The van der Waals surface area contributed by atoms with E-state index in [0.717, 1.165) is 16.8 Å². The van der Waals surface area contributed by atoms with Crippen LogP contribution in [0.25, 0.3) is 16.5 Å². The normalized spacial score (nSPS) is 16.5. The summed E-state index contributed by atoms with van der Waals surface area (Å²) >= 11 is 0. The number of hydrogen-bond donors (Lipinski definition) is 1. The molecule has 0 atom stereocenters. The summed E-state index contributed by atoms with van der Waals surface area (Å²) < 4.78 is 16.4. The van der Waals surface area contributed by atoms with Gasteiger partial charge in [0, 0.05) is 34.5 Å². The second-order valence-corrected chi connectivity index (χ2v) is 7.01. The molecule has 6 heteroatoms. The zero-order chi connectivity index (χ0) is 19.9. The van der Waals surface area contributed by atoms with Crippen molar-refractivity contribution in [1.29, 1.82) is 0 Å². The van der Waals surface area contributed by atoms with Gasteiger partial charge in [-0.15, -0.1) is 0 Å². The lowest BCUT2D eigenvalue weighted by molar-refractivity contribution is -0.126. The third kappa shape index (κ3) is 3.13. The molecule has 2 heterocycles. The van der Waals surface area contributed by atoms with E-state index in [9.17, 15) is 9.59 Å². The van der Waals surface area contributed by atoms with Crippen LogP contribution in [0.1, 0.15) is 19.4 Å². The molecule has 1 N–H and O–H groups in total. The highest BCUT2D eigenvalue weighted by atomic mass is 16.5. The summed E-state index contributed by atoms with van der Waals surface area (Å²) in [6.45, 7) is 3.46. The van der Waals surface area contributed by atoms with Gasteiger partial charge in [0.2, 0.25) is 5.78 Å². The number of methoxy groups -OCH3 is 1. The maximum Gasteiger partial charge on any atom is 0.336 e. The Labute approximate surface area is 161 Å². The molecule has 6 nitrogen and oxygen atoms in total. The SMILES string of the molecule is COc1ccc(NC=C2C(=O)C(C)(C)Oc3cc4ccc(=O)oc4cc32)cc1. The largest absolute Gasteiger partial charge is 0.497 e. The van der Waals surface area contributed by atoms with E-state index in [1.54, 1.807) is 45.4 Å². The standard InChI is InChI=1S/C22H19NO5/c1-22(2)21(25)17(12-23-14-5-7-15(26-3)8-6-14)16-11-18-13(10-19(16)28-22)4-9-20(24)27-18/h4-12,23H,1-3H3. The van der Waals surface area contributed by atoms with Crippen molar-refractivity contribution < 1.29 is 18.7 Å². The van der Waals surface area contributed by atoms with Crippen molar-refractivity contribution in [3.8, 4) is 11.5 Å². The number of rotatable bonds is 3. The molecule has 2 aromatic carbocycles. The monoisotopic (exact) mass is 377 g/mol. The minimum atomic E-state index is -1.01. The van der Waals surface area contributed by atoms with Crippen LogP contribution in [0.2, 0.25) is 0 Å². The molecule has 28 heavy (non-hydrogen) atoms. The van der Waals surface area contributed by atoms with Crippen LogP contribution in [0.15, 0.2) is 63.9 Å². The molecule has 0 saturated heterocycles. The van der Waals surface area contributed by atoms with E-state index in [-0.39, 0.29) is 5.78 Å². The fraction of sp³-hybridized carbons (Fsp3) is 0.182. The summed E-state index contributed by atoms with van der Waals surface area (Å²) in [5, 5.41) is 3.88. The number of carbonyl (C=O) groups excluding carboxylic acids is 1. The number of ketones is 1. The predicted octanol–water partition coefficient (Wildman–Crippen LogP) is 3.99. The molecule has 0 spiro atoms. The Morgan fingerprint density at radius 2 is 1.79 bits per heavy atom. The van der Waals surface area contributed by atoms with Gasteiger partial charge in [-0.3, -0.25) is 4.79 Å². The second-order valence-electron chi connectivity index (χ2n) is 7.01. The fourth-order valence-electron chi connectivity index (χ4n) is 3.14. The summed E-state index contributed by atoms with van der Waals surface area (Å²) in [6.07, 6.45) is 1.65. The predicted molar refractivity (Wildman–Crippen MR) is 107 cm³/mol. The molecule has 0 fully saturated rings. The number of nitrogens with one attached hydrogen (secondary N) is 1. The molecular formula is C22H19NO5. The highest BCUT2D eigenvalue weighted by Gasteiger charge is 2.39. The minimum absolute atomic E-state index is 0.168. The fourth-order valence-corrected chi connectivity index (χ4v) is 3.14. The molecule has 1 aromatic heterocycles. The lowest BCUT2D eigenvalue weighted by Gasteiger charge is -2.32. The first-order valence-corrected chi connectivity index (χ1v) is 8.80. The number of anilines is 1. The van der Waals surface area contributed by atoms with Gasteiger partial charge in [0.25, 0.3) is 0 Å². The van der Waals surface area contributed by atoms with Crippen molar-refractivity contribution in [1.82, 2.24) is 0 Å². The van der Waals surface area contributed by atoms with Crippen LogP contribution in [0.4, 0.5) is 5.69 Å². The molecule has 3 aromatic rings. The van der Waals surface area contributed by atoms with Crippen LogP contribution in [0, 0.1) is 0 Å². The summed E-state index contributed by atoms with van der Waals surface area (Å²) in [4.78, 5) is 24.6. The van der Waals surface area contributed by atoms with Gasteiger partial charge in [-0.1, -0.05) is 0 Å². The van der Waals surface area contributed by atoms with Gasteiger partial charge in [0.1, 0.15) is 17.1 Å². The number of fused-ring (bicyclic) bond motifs is 2. The highest BCUT2D eigenvalue weighted by molar-refractivity contribution is 6.26. The molecule has 0 unspecified atom stereocenters. The molecule has 0 amide bonds. The Balaban J connectivity index is 1.80. The topological polar surface area (TPSA) is 77.8 Å². The Bertz CT molecular complexity index is 1160. The average Bonchev–Trinajstić information content (AvgIpc) is 2.67. The van der Waals surface area contributed by atoms with Gasteiger partial charge in [0.15, 0.2) is 5.60 Å².